The highest BCUT2D eigenvalue weighted by molar-refractivity contribution is 6.36. The fraction of sp³-hybridized carbons (Fsp3) is 0.0286. The van der Waals surface area contributed by atoms with Crippen molar-refractivity contribution in [1.29, 1.82) is 21.0 Å². The van der Waals surface area contributed by atoms with E-state index in [1.54, 1.807) is 42.5 Å². The van der Waals surface area contributed by atoms with Crippen LogP contribution in [-0.4, -0.2) is 0 Å². The Kier molecular flexibility index (Phi) is 11.5. The number of halogens is 6. The van der Waals surface area contributed by atoms with Crippen LogP contribution in [0.3, 0.4) is 0 Å². The average molecular weight is 1100 g/mol. The smallest absolute Gasteiger partial charge is 0.172 e. The second-order valence-electron chi connectivity index (χ2n) is 20.2. The van der Waals surface area contributed by atoms with E-state index in [9.17, 15) is 47.4 Å². The monoisotopic (exact) mass is 1100 g/mol. The summed E-state index contributed by atoms with van der Waals surface area (Å²) >= 11 is 0. The maximum atomic E-state index is 14.7. The van der Waals surface area contributed by atoms with Crippen molar-refractivity contribution in [2.45, 2.75) is 12.4 Å². The summed E-state index contributed by atoms with van der Waals surface area (Å²) in [6.07, 6.45) is -1.80. The lowest BCUT2D eigenvalue weighted by Gasteiger charge is -2.16. The molecule has 0 aliphatic heterocycles. The van der Waals surface area contributed by atoms with E-state index in [0.29, 0.717) is 54.9 Å². The Labute approximate surface area is 470 Å². The van der Waals surface area contributed by atoms with E-state index in [0.717, 1.165) is 89.6 Å². The van der Waals surface area contributed by atoms with Crippen molar-refractivity contribution in [3.8, 4) is 80.4 Å². The molecule has 0 fully saturated rings. The molecule has 0 radical (unpaired) electrons. The van der Waals surface area contributed by atoms with Crippen LogP contribution in [0.4, 0.5) is 26.3 Å². The van der Waals surface area contributed by atoms with Crippen LogP contribution >= 0.6 is 0 Å². The molecule has 8 nitrogen and oxygen atoms in total. The fourth-order valence-electron chi connectivity index (χ4n) is 12.9. The predicted octanol–water partition coefficient (Wildman–Crippen LogP) is 16.6. The number of alkyl halides is 6. The molecule has 14 heteroatoms. The molecule has 0 heterocycles. The van der Waals surface area contributed by atoms with Gasteiger partial charge in [-0.2, -0.15) is 67.4 Å². The van der Waals surface area contributed by atoms with Gasteiger partial charge in [0.05, 0.1) is 32.6 Å². The highest BCUT2D eigenvalue weighted by Gasteiger charge is 2.35. The number of rotatable bonds is 5. The van der Waals surface area contributed by atoms with E-state index >= 15 is 0 Å². The van der Waals surface area contributed by atoms with Crippen LogP contribution in [0.5, 0.6) is 0 Å². The van der Waals surface area contributed by atoms with Crippen LogP contribution in [-0.2, 0) is 12.4 Å². The van der Waals surface area contributed by atoms with E-state index in [1.165, 1.54) is 12.1 Å². The molecule has 84 heavy (non-hydrogen) atoms. The minimum Gasteiger partial charge on any atom is -0.172 e. The molecule has 394 valence electrons. The first-order valence-corrected chi connectivity index (χ1v) is 26.2. The highest BCUT2D eigenvalue weighted by atomic mass is 19.4. The van der Waals surface area contributed by atoms with Gasteiger partial charge in [-0.1, -0.05) is 164 Å². The molecular formula is C70H32F6N8. The molecule has 14 aromatic rings. The number of fused-ring (bicyclic) bond motifs is 12. The van der Waals surface area contributed by atoms with Crippen LogP contribution in [0.25, 0.3) is 142 Å². The fourth-order valence-corrected chi connectivity index (χ4v) is 12.9. The van der Waals surface area contributed by atoms with Crippen molar-refractivity contribution in [2.75, 3.05) is 0 Å². The second kappa shape index (κ2) is 19.0. The molecular weight excluding hydrogens is 1070 g/mol. The average Bonchev–Trinajstić information content (AvgIpc) is 1.57. The molecule has 0 unspecified atom stereocenters. The molecule has 0 amide bonds. The third-order valence-corrected chi connectivity index (χ3v) is 16.0. The first-order chi connectivity index (χ1) is 40.8. The molecule has 0 saturated heterocycles. The standard InChI is InChI=1S/C70H32F6N8/c71-69(72,73)43-26-28-47-51(31-43)68(84-36-80)64-56(60-48-29-27-44(70(74,75)76)32-52(48)67(83-35-79)63(60)54(59(47)64)39-14-5-2-6-15-39)42-17-11-16-41(30-42)37-22-24-40(25-23-37)55-58-46-19-8-10-21-50(46)65(81-33-77)61(58)53(38-12-3-1-4-13-38)57-45-18-7-9-20-49(45)66(62(55)57)82-34-78/h1-32H. The van der Waals surface area contributed by atoms with Crippen LogP contribution in [0.15, 0.2) is 214 Å². The topological polar surface area (TPSA) is 145 Å². The Morgan fingerprint density at radius 2 is 0.548 bits per heavy atom. The maximum Gasteiger partial charge on any atom is 0.416 e. The lowest BCUT2D eigenvalue weighted by atomic mass is 9.86. The van der Waals surface area contributed by atoms with Gasteiger partial charge in [0.1, 0.15) is 0 Å². The zero-order valence-electron chi connectivity index (χ0n) is 43.3. The Bertz CT molecular complexity index is 5590. The van der Waals surface area contributed by atoms with Gasteiger partial charge in [0, 0.05) is 86.9 Å². The van der Waals surface area contributed by atoms with E-state index in [1.807, 2.05) is 128 Å². The SMILES string of the molecule is N#CN=c1c2ccccc2c2c(-c3ccccc3)c3c(=NC#N)c4ccccc4c3c(-c3ccc(-c4cccc(-c5c6c(=NC#N)c7cc(C(F)(F)F)ccc7c6c(-c6ccccc6)c6c(=NC#N)c7cc(C(F)(F)F)ccc7c56)c4)cc3)c12. The Hall–Kier alpha value is -11.6. The number of nitrogens with zero attached hydrogens (tertiary/aromatic N) is 8. The number of hydrogen-bond acceptors (Lipinski definition) is 8. The third-order valence-electron chi connectivity index (χ3n) is 16.0. The first kappa shape index (κ1) is 50.6. The molecule has 0 saturated carbocycles. The van der Waals surface area contributed by atoms with E-state index in [2.05, 4.69) is 32.4 Å². The van der Waals surface area contributed by atoms with Gasteiger partial charge in [-0.05, 0) is 85.3 Å². The van der Waals surface area contributed by atoms with Gasteiger partial charge in [0.2, 0.25) is 24.8 Å². The molecule has 14 aromatic carbocycles. The zero-order chi connectivity index (χ0) is 57.8. The minimum atomic E-state index is -4.79. The van der Waals surface area contributed by atoms with Crippen LogP contribution in [0.1, 0.15) is 11.1 Å². The van der Waals surface area contributed by atoms with Crippen LogP contribution in [0.2, 0.25) is 0 Å². The van der Waals surface area contributed by atoms with Gasteiger partial charge >= 0.3 is 12.4 Å². The van der Waals surface area contributed by atoms with Crippen molar-refractivity contribution >= 4 is 86.2 Å². The van der Waals surface area contributed by atoms with Gasteiger partial charge < -0.3 is 0 Å². The molecule has 0 N–H and O–H groups in total. The minimum absolute atomic E-state index is 0.0103. The molecule has 0 aromatic heterocycles. The molecule has 14 rings (SSSR count). The van der Waals surface area contributed by atoms with Gasteiger partial charge in [0.25, 0.3) is 0 Å². The Morgan fingerprint density at radius 3 is 0.929 bits per heavy atom. The van der Waals surface area contributed by atoms with Crippen LogP contribution in [0, 0.1) is 45.8 Å². The van der Waals surface area contributed by atoms with Crippen molar-refractivity contribution in [1.82, 2.24) is 0 Å². The number of benzene rings is 10. The summed E-state index contributed by atoms with van der Waals surface area (Å²) in [5.41, 5.74) is 4.26. The predicted molar refractivity (Wildman–Crippen MR) is 313 cm³/mol. The lowest BCUT2D eigenvalue weighted by molar-refractivity contribution is -0.138. The highest BCUT2D eigenvalue weighted by Crippen LogP contribution is 2.51. The molecule has 0 atom stereocenters. The summed E-state index contributed by atoms with van der Waals surface area (Å²) in [7, 11) is 0. The first-order valence-electron chi connectivity index (χ1n) is 26.2. The number of nitriles is 4. The molecule has 0 aliphatic carbocycles. The normalized spacial score (nSPS) is 13.1. The lowest BCUT2D eigenvalue weighted by Crippen LogP contribution is -2.06. The van der Waals surface area contributed by atoms with Crippen molar-refractivity contribution < 1.29 is 26.3 Å². The molecule has 0 spiro atoms. The van der Waals surface area contributed by atoms with Crippen molar-refractivity contribution in [2.24, 2.45) is 20.0 Å². The molecule has 0 aliphatic rings. The summed E-state index contributed by atoms with van der Waals surface area (Å²) in [5.74, 6) is 0. The summed E-state index contributed by atoms with van der Waals surface area (Å²) in [4.78, 5) is 17.5. The van der Waals surface area contributed by atoms with Gasteiger partial charge in [-0.3, -0.25) is 0 Å². The summed E-state index contributed by atoms with van der Waals surface area (Å²) in [5, 5.41) is 50.3. The molecule has 0 bridgehead atoms. The Morgan fingerprint density at radius 1 is 0.250 bits per heavy atom. The second-order valence-corrected chi connectivity index (χ2v) is 20.2. The van der Waals surface area contributed by atoms with E-state index < -0.39 is 23.5 Å². The quantitative estimate of drug-likeness (QED) is 0.125. The third kappa shape index (κ3) is 7.52. The number of hydrogen-bond donors (Lipinski definition) is 0. The van der Waals surface area contributed by atoms with Crippen LogP contribution < -0.4 is 21.4 Å². The van der Waals surface area contributed by atoms with E-state index in [4.69, 9.17) is 0 Å². The summed E-state index contributed by atoms with van der Waals surface area (Å²) in [6.45, 7) is 0. The Balaban J connectivity index is 1.09. The van der Waals surface area contributed by atoms with E-state index in [-0.39, 0.29) is 43.0 Å². The maximum absolute atomic E-state index is 14.7. The van der Waals surface area contributed by atoms with Gasteiger partial charge in [-0.15, -0.1) is 0 Å². The largest absolute Gasteiger partial charge is 0.416 e. The van der Waals surface area contributed by atoms with Gasteiger partial charge in [-0.25, -0.2) is 0 Å². The van der Waals surface area contributed by atoms with Crippen molar-refractivity contribution in [3.63, 3.8) is 0 Å². The summed E-state index contributed by atoms with van der Waals surface area (Å²) in [6, 6.07) is 55.6. The van der Waals surface area contributed by atoms with Crippen molar-refractivity contribution in [3.05, 3.63) is 227 Å². The summed E-state index contributed by atoms with van der Waals surface area (Å²) < 4.78 is 88.0. The van der Waals surface area contributed by atoms with Gasteiger partial charge in [0.15, 0.2) is 0 Å². The zero-order valence-corrected chi connectivity index (χ0v) is 43.3.